The summed E-state index contributed by atoms with van der Waals surface area (Å²) in [5.74, 6) is -0.265. The number of nitrogens with one attached hydrogen (secondary N) is 1. The molecule has 0 aliphatic heterocycles. The van der Waals surface area contributed by atoms with Crippen LogP contribution < -0.4 is 5.32 Å². The van der Waals surface area contributed by atoms with Crippen molar-refractivity contribution >= 4 is 22.8 Å². The van der Waals surface area contributed by atoms with Crippen molar-refractivity contribution < 1.29 is 14.3 Å². The van der Waals surface area contributed by atoms with Gasteiger partial charge in [-0.1, -0.05) is 56.3 Å². The summed E-state index contributed by atoms with van der Waals surface area (Å²) >= 11 is 0. The minimum absolute atomic E-state index is 0.173. The number of benzene rings is 2. The van der Waals surface area contributed by atoms with E-state index < -0.39 is 5.97 Å². The third-order valence-corrected chi connectivity index (χ3v) is 4.90. The van der Waals surface area contributed by atoms with Gasteiger partial charge in [-0.05, 0) is 49.4 Å². The van der Waals surface area contributed by atoms with Gasteiger partial charge in [0.15, 0.2) is 6.61 Å². The normalized spacial score (nSPS) is 12.0. The van der Waals surface area contributed by atoms with Crippen molar-refractivity contribution in [2.45, 2.75) is 40.2 Å². The molecule has 1 amide bonds. The van der Waals surface area contributed by atoms with E-state index in [1.807, 2.05) is 50.2 Å². The van der Waals surface area contributed by atoms with Gasteiger partial charge in [0, 0.05) is 11.1 Å². The molecule has 0 bridgehead atoms. The number of fused-ring (bicyclic) bond motifs is 1. The molecule has 1 atom stereocenters. The van der Waals surface area contributed by atoms with Gasteiger partial charge < -0.3 is 10.1 Å². The van der Waals surface area contributed by atoms with Crippen molar-refractivity contribution in [3.63, 3.8) is 0 Å². The number of aromatic nitrogens is 1. The van der Waals surface area contributed by atoms with Crippen molar-refractivity contribution in [3.05, 3.63) is 77.0 Å². The third-order valence-electron chi connectivity index (χ3n) is 4.90. The van der Waals surface area contributed by atoms with E-state index >= 15 is 0 Å². The van der Waals surface area contributed by atoms with E-state index in [0.717, 1.165) is 23.2 Å². The number of hydrogen-bond donors (Lipinski definition) is 1. The molecule has 3 rings (SSSR count). The highest BCUT2D eigenvalue weighted by Crippen LogP contribution is 2.19. The van der Waals surface area contributed by atoms with Crippen molar-refractivity contribution in [1.82, 2.24) is 10.3 Å². The van der Waals surface area contributed by atoms with Crippen LogP contribution in [0, 0.1) is 12.8 Å². The average Bonchev–Trinajstić information content (AvgIpc) is 2.71. The zero-order chi connectivity index (χ0) is 21.7. The van der Waals surface area contributed by atoms with Crippen molar-refractivity contribution in [3.8, 4) is 0 Å². The molecule has 1 aromatic heterocycles. The van der Waals surface area contributed by atoms with Gasteiger partial charge in [-0.3, -0.25) is 9.78 Å². The Morgan fingerprint density at radius 1 is 1.03 bits per heavy atom. The average molecular weight is 405 g/mol. The number of pyridine rings is 1. The second kappa shape index (κ2) is 9.53. The summed E-state index contributed by atoms with van der Waals surface area (Å²) in [6.45, 7) is 7.79. The molecular formula is C25H28N2O3. The van der Waals surface area contributed by atoms with E-state index in [1.54, 1.807) is 6.07 Å². The molecule has 0 saturated carbocycles. The number of para-hydroxylation sites is 1. The monoisotopic (exact) mass is 404 g/mol. The first kappa shape index (κ1) is 21.5. The maximum atomic E-state index is 12.6. The molecular weight excluding hydrogens is 376 g/mol. The highest BCUT2D eigenvalue weighted by atomic mass is 16.5. The van der Waals surface area contributed by atoms with Gasteiger partial charge in [-0.15, -0.1) is 0 Å². The van der Waals surface area contributed by atoms with Crippen LogP contribution in [-0.4, -0.2) is 23.5 Å². The molecule has 1 N–H and O–H groups in total. The molecule has 0 radical (unpaired) electrons. The second-order valence-electron chi connectivity index (χ2n) is 8.03. The highest BCUT2D eigenvalue weighted by Gasteiger charge is 2.16. The van der Waals surface area contributed by atoms with E-state index in [9.17, 15) is 9.59 Å². The quantitative estimate of drug-likeness (QED) is 0.576. The molecule has 2 aromatic carbocycles. The van der Waals surface area contributed by atoms with Crippen LogP contribution in [0.1, 0.15) is 54.0 Å². The Hall–Kier alpha value is -3.21. The highest BCUT2D eigenvalue weighted by molar-refractivity contribution is 6.04. The lowest BCUT2D eigenvalue weighted by Gasteiger charge is -2.15. The number of carbonyl (C=O) groups excluding carboxylic acids is 2. The first-order valence-corrected chi connectivity index (χ1v) is 10.2. The van der Waals surface area contributed by atoms with Gasteiger partial charge in [0.1, 0.15) is 0 Å². The van der Waals surface area contributed by atoms with Crippen LogP contribution in [-0.2, 0) is 16.0 Å². The van der Waals surface area contributed by atoms with Crippen LogP contribution >= 0.6 is 0 Å². The number of rotatable bonds is 7. The van der Waals surface area contributed by atoms with E-state index in [0.29, 0.717) is 16.9 Å². The Labute approximate surface area is 177 Å². The lowest BCUT2D eigenvalue weighted by atomic mass is 10.00. The van der Waals surface area contributed by atoms with E-state index in [4.69, 9.17) is 4.74 Å². The first-order chi connectivity index (χ1) is 14.3. The minimum atomic E-state index is -0.530. The number of carbonyl (C=O) groups is 2. The van der Waals surface area contributed by atoms with Crippen LogP contribution in [0.15, 0.2) is 54.6 Å². The summed E-state index contributed by atoms with van der Waals surface area (Å²) in [6.07, 6.45) is 1.03. The second-order valence-corrected chi connectivity index (χ2v) is 8.03. The molecule has 0 unspecified atom stereocenters. The molecule has 30 heavy (non-hydrogen) atoms. The summed E-state index contributed by atoms with van der Waals surface area (Å²) in [5, 5.41) is 3.59. The van der Waals surface area contributed by atoms with Gasteiger partial charge in [-0.25, -0.2) is 4.79 Å². The molecule has 0 aliphatic rings. The number of amides is 1. The van der Waals surface area contributed by atoms with Gasteiger partial charge in [0.05, 0.1) is 17.1 Å². The Morgan fingerprint density at radius 3 is 2.43 bits per heavy atom. The van der Waals surface area contributed by atoms with Gasteiger partial charge in [0.25, 0.3) is 5.91 Å². The Kier molecular flexibility index (Phi) is 6.83. The standard InChI is InChI=1S/C25H28N2O3/c1-16(2)13-19-9-11-20(12-10-19)18(4)27-24(28)15-30-25(29)22-14-17(3)26-23-8-6-5-7-21(22)23/h5-12,14,16,18H,13,15H2,1-4H3,(H,27,28)/t18-/m1/s1. The third kappa shape index (κ3) is 5.44. The predicted octanol–water partition coefficient (Wildman–Crippen LogP) is 4.78. The van der Waals surface area contributed by atoms with Crippen molar-refractivity contribution in [1.29, 1.82) is 0 Å². The number of esters is 1. The summed E-state index contributed by atoms with van der Waals surface area (Å²) in [4.78, 5) is 29.3. The molecule has 1 heterocycles. The fourth-order valence-electron chi connectivity index (χ4n) is 3.47. The van der Waals surface area contributed by atoms with Crippen LogP contribution in [0.5, 0.6) is 0 Å². The first-order valence-electron chi connectivity index (χ1n) is 10.2. The van der Waals surface area contributed by atoms with Crippen LogP contribution in [0.25, 0.3) is 10.9 Å². The van der Waals surface area contributed by atoms with Crippen LogP contribution in [0.4, 0.5) is 0 Å². The number of ether oxygens (including phenoxy) is 1. The van der Waals surface area contributed by atoms with E-state index in [2.05, 4.69) is 36.3 Å². The number of nitrogens with zero attached hydrogens (tertiary/aromatic N) is 1. The molecule has 0 fully saturated rings. The SMILES string of the molecule is Cc1cc(C(=O)OCC(=O)N[C@H](C)c2ccc(CC(C)C)cc2)c2ccccc2n1. The van der Waals surface area contributed by atoms with Crippen LogP contribution in [0.3, 0.4) is 0 Å². The lowest BCUT2D eigenvalue weighted by Crippen LogP contribution is -2.31. The fraction of sp³-hybridized carbons (Fsp3) is 0.320. The molecule has 156 valence electrons. The molecule has 3 aromatic rings. The van der Waals surface area contributed by atoms with Gasteiger partial charge in [0.2, 0.25) is 0 Å². The van der Waals surface area contributed by atoms with Crippen molar-refractivity contribution in [2.24, 2.45) is 5.92 Å². The number of hydrogen-bond acceptors (Lipinski definition) is 4. The Morgan fingerprint density at radius 2 is 1.73 bits per heavy atom. The fourth-order valence-corrected chi connectivity index (χ4v) is 3.47. The lowest BCUT2D eigenvalue weighted by molar-refractivity contribution is -0.124. The Balaban J connectivity index is 1.59. The van der Waals surface area contributed by atoms with E-state index in [-0.39, 0.29) is 18.6 Å². The molecule has 0 aliphatic carbocycles. The maximum absolute atomic E-state index is 12.6. The van der Waals surface area contributed by atoms with Crippen LogP contribution in [0.2, 0.25) is 0 Å². The smallest absolute Gasteiger partial charge is 0.339 e. The van der Waals surface area contributed by atoms with Crippen molar-refractivity contribution in [2.75, 3.05) is 6.61 Å². The maximum Gasteiger partial charge on any atom is 0.339 e. The molecule has 5 nitrogen and oxygen atoms in total. The predicted molar refractivity (Wildman–Crippen MR) is 118 cm³/mol. The molecule has 5 heteroatoms. The Bertz CT molecular complexity index is 1040. The summed E-state index contributed by atoms with van der Waals surface area (Å²) in [5.41, 5.74) is 4.15. The van der Waals surface area contributed by atoms with Gasteiger partial charge >= 0.3 is 5.97 Å². The number of aryl methyl sites for hydroxylation is 1. The summed E-state index contributed by atoms with van der Waals surface area (Å²) < 4.78 is 5.27. The minimum Gasteiger partial charge on any atom is -0.452 e. The molecule has 0 spiro atoms. The molecule has 0 saturated heterocycles. The van der Waals surface area contributed by atoms with Gasteiger partial charge in [-0.2, -0.15) is 0 Å². The zero-order valence-electron chi connectivity index (χ0n) is 17.9. The topological polar surface area (TPSA) is 68.3 Å². The summed E-state index contributed by atoms with van der Waals surface area (Å²) in [6, 6.07) is 17.1. The van der Waals surface area contributed by atoms with E-state index in [1.165, 1.54) is 5.56 Å². The summed E-state index contributed by atoms with van der Waals surface area (Å²) in [7, 11) is 0. The zero-order valence-corrected chi connectivity index (χ0v) is 17.9. The largest absolute Gasteiger partial charge is 0.452 e.